The number of quaternary nitrogens is 1. The molecule has 0 aromatic heterocycles. The highest BCUT2D eigenvalue weighted by Gasteiger charge is 2.26. The van der Waals surface area contributed by atoms with E-state index in [1.807, 2.05) is 33.3 Å². The minimum Gasteiger partial charge on any atom is -0.462 e. The van der Waals surface area contributed by atoms with Gasteiger partial charge in [0, 0.05) is 12.5 Å². The third-order valence-electron chi connectivity index (χ3n) is 9.09. The predicted molar refractivity (Wildman–Crippen MR) is 215 cm³/mol. The van der Waals surface area contributed by atoms with Crippen molar-refractivity contribution < 1.29 is 42.1 Å². The maximum absolute atomic E-state index is 12.5. The lowest BCUT2D eigenvalue weighted by molar-refractivity contribution is -0.870. The fourth-order valence-electron chi connectivity index (χ4n) is 5.74. The van der Waals surface area contributed by atoms with E-state index in [-0.39, 0.29) is 19.6 Å². The molecule has 10 heteroatoms. The summed E-state index contributed by atoms with van der Waals surface area (Å²) in [6.45, 7) is 4.30. The molecule has 9 nitrogen and oxygen atoms in total. The van der Waals surface area contributed by atoms with Crippen molar-refractivity contribution in [2.75, 3.05) is 47.5 Å². The van der Waals surface area contributed by atoms with Crippen LogP contribution in [-0.2, 0) is 32.7 Å². The number of rotatable bonds is 38. The lowest BCUT2D eigenvalue weighted by Crippen LogP contribution is -2.37. The van der Waals surface area contributed by atoms with Gasteiger partial charge >= 0.3 is 19.8 Å². The van der Waals surface area contributed by atoms with E-state index in [4.69, 9.17) is 18.5 Å². The number of carbonyl (C=O) groups is 2. The van der Waals surface area contributed by atoms with Gasteiger partial charge in [0.1, 0.15) is 19.8 Å². The van der Waals surface area contributed by atoms with Gasteiger partial charge in [0.05, 0.1) is 27.7 Å². The summed E-state index contributed by atoms with van der Waals surface area (Å²) in [5.74, 6) is -1.05. The second-order valence-electron chi connectivity index (χ2n) is 15.5. The minimum absolute atomic E-state index is 0.0180. The molecule has 0 aromatic rings. The molecule has 0 aliphatic rings. The van der Waals surface area contributed by atoms with Crippen LogP contribution in [0.3, 0.4) is 0 Å². The molecule has 2 unspecified atom stereocenters. The number of hydrogen-bond acceptors (Lipinski definition) is 7. The molecule has 0 rings (SSSR count). The largest absolute Gasteiger partial charge is 0.472 e. The van der Waals surface area contributed by atoms with Crippen molar-refractivity contribution in [1.82, 2.24) is 0 Å². The third-order valence-corrected chi connectivity index (χ3v) is 10.1. The molecule has 0 spiro atoms. The Morgan fingerprint density at radius 2 is 1.10 bits per heavy atom. The molecular formula is C42H81NO8P+. The van der Waals surface area contributed by atoms with E-state index < -0.39 is 32.5 Å². The van der Waals surface area contributed by atoms with Crippen LogP contribution in [0.4, 0.5) is 0 Å². The highest BCUT2D eigenvalue weighted by atomic mass is 31.2. The number of esters is 2. The summed E-state index contributed by atoms with van der Waals surface area (Å²) in [7, 11) is 1.43. The molecule has 2 atom stereocenters. The first-order valence-electron chi connectivity index (χ1n) is 21.1. The number of likely N-dealkylation sites (N-methyl/N-ethyl adjacent to an activating group) is 1. The molecule has 0 fully saturated rings. The molecule has 0 radical (unpaired) electrons. The maximum atomic E-state index is 12.5. The van der Waals surface area contributed by atoms with E-state index in [2.05, 4.69) is 13.8 Å². The van der Waals surface area contributed by atoms with Crippen LogP contribution in [0.15, 0.2) is 24.3 Å². The first-order valence-corrected chi connectivity index (χ1v) is 22.6. The van der Waals surface area contributed by atoms with E-state index in [0.29, 0.717) is 11.0 Å². The zero-order chi connectivity index (χ0) is 38.6. The Kier molecular flexibility index (Phi) is 34.2. The molecule has 0 bridgehead atoms. The zero-order valence-corrected chi connectivity index (χ0v) is 35.2. The number of phosphoric acid groups is 1. The fraction of sp³-hybridized carbons (Fsp3) is 0.857. The molecule has 0 amide bonds. The van der Waals surface area contributed by atoms with Gasteiger partial charge in [-0.3, -0.25) is 13.8 Å². The average molecular weight is 759 g/mol. The van der Waals surface area contributed by atoms with Crippen LogP contribution < -0.4 is 0 Å². The molecular weight excluding hydrogens is 677 g/mol. The summed E-state index contributed by atoms with van der Waals surface area (Å²) in [4.78, 5) is 35.1. The Morgan fingerprint density at radius 3 is 1.58 bits per heavy atom. The van der Waals surface area contributed by atoms with Crippen molar-refractivity contribution in [3.8, 4) is 0 Å². The van der Waals surface area contributed by atoms with Gasteiger partial charge < -0.3 is 18.9 Å². The fourth-order valence-corrected chi connectivity index (χ4v) is 6.49. The van der Waals surface area contributed by atoms with Gasteiger partial charge in [-0.2, -0.15) is 0 Å². The van der Waals surface area contributed by atoms with Crippen LogP contribution in [0.2, 0.25) is 0 Å². The van der Waals surface area contributed by atoms with Gasteiger partial charge in [-0.1, -0.05) is 173 Å². The van der Waals surface area contributed by atoms with Crippen LogP contribution in [0.25, 0.3) is 0 Å². The van der Waals surface area contributed by atoms with Crippen LogP contribution >= 0.6 is 7.82 Å². The van der Waals surface area contributed by atoms with Crippen molar-refractivity contribution in [1.29, 1.82) is 0 Å². The first-order chi connectivity index (χ1) is 25.0. The Hall–Kier alpha value is -1.51. The minimum atomic E-state index is -4.39. The topological polar surface area (TPSA) is 108 Å². The van der Waals surface area contributed by atoms with Crippen molar-refractivity contribution in [2.45, 2.75) is 187 Å². The van der Waals surface area contributed by atoms with Gasteiger partial charge in [0.15, 0.2) is 6.10 Å². The van der Waals surface area contributed by atoms with Crippen molar-refractivity contribution in [3.63, 3.8) is 0 Å². The number of allylic oxidation sites excluding steroid dienone is 3. The summed E-state index contributed by atoms with van der Waals surface area (Å²) in [5.41, 5.74) is 0. The molecule has 0 aromatic carbocycles. The number of hydrogen-bond donors (Lipinski definition) is 1. The van der Waals surface area contributed by atoms with Crippen LogP contribution in [0.5, 0.6) is 0 Å². The number of nitrogens with zero attached hydrogens (tertiary/aromatic N) is 1. The van der Waals surface area contributed by atoms with Crippen LogP contribution in [0.1, 0.15) is 181 Å². The lowest BCUT2D eigenvalue weighted by Gasteiger charge is -2.24. The summed E-state index contributed by atoms with van der Waals surface area (Å²) in [6, 6.07) is 0. The Labute approximate surface area is 319 Å². The molecule has 52 heavy (non-hydrogen) atoms. The predicted octanol–water partition coefficient (Wildman–Crippen LogP) is 11.6. The monoisotopic (exact) mass is 759 g/mol. The quantitative estimate of drug-likeness (QED) is 0.0166. The highest BCUT2D eigenvalue weighted by Crippen LogP contribution is 2.43. The Balaban J connectivity index is 4.48. The first kappa shape index (κ1) is 50.5. The smallest absolute Gasteiger partial charge is 0.462 e. The third kappa shape index (κ3) is 38.2. The molecule has 306 valence electrons. The van der Waals surface area contributed by atoms with E-state index in [0.717, 1.165) is 32.1 Å². The van der Waals surface area contributed by atoms with Crippen molar-refractivity contribution >= 4 is 19.8 Å². The summed E-state index contributed by atoms with van der Waals surface area (Å²) in [5, 5.41) is 0. The Bertz CT molecular complexity index is 949. The SMILES string of the molecule is CCCCCCCCCCCCC/C=C/C=C/C(=O)OC(COC(=O)CCCCCCCCCCCCCCC)COP(=O)(O)OCC[N+](C)(C)C. The van der Waals surface area contributed by atoms with E-state index in [9.17, 15) is 19.0 Å². The number of carbonyl (C=O) groups excluding carboxylic acids is 2. The number of phosphoric ester groups is 1. The number of ether oxygens (including phenoxy) is 2. The zero-order valence-electron chi connectivity index (χ0n) is 34.3. The normalized spacial score (nSPS) is 13.9. The average Bonchev–Trinajstić information content (AvgIpc) is 3.09. The van der Waals surface area contributed by atoms with Gasteiger partial charge in [-0.15, -0.1) is 0 Å². The van der Waals surface area contributed by atoms with E-state index in [1.54, 1.807) is 6.08 Å². The van der Waals surface area contributed by atoms with Crippen LogP contribution in [0, 0.1) is 0 Å². The summed E-state index contributed by atoms with van der Waals surface area (Å²) in [6.07, 6.45) is 37.1. The van der Waals surface area contributed by atoms with Crippen molar-refractivity contribution in [2.24, 2.45) is 0 Å². The molecule has 0 heterocycles. The molecule has 0 aliphatic carbocycles. The van der Waals surface area contributed by atoms with Gasteiger partial charge in [-0.25, -0.2) is 9.36 Å². The van der Waals surface area contributed by atoms with Gasteiger partial charge in [-0.05, 0) is 19.3 Å². The lowest BCUT2D eigenvalue weighted by atomic mass is 10.0. The van der Waals surface area contributed by atoms with Gasteiger partial charge in [0.2, 0.25) is 0 Å². The summed E-state index contributed by atoms with van der Waals surface area (Å²) >= 11 is 0. The molecule has 0 aliphatic heterocycles. The summed E-state index contributed by atoms with van der Waals surface area (Å²) < 4.78 is 34.0. The molecule has 0 saturated heterocycles. The van der Waals surface area contributed by atoms with E-state index in [1.165, 1.54) is 134 Å². The van der Waals surface area contributed by atoms with Crippen LogP contribution in [-0.4, -0.2) is 74.9 Å². The second kappa shape index (κ2) is 35.2. The van der Waals surface area contributed by atoms with E-state index >= 15 is 0 Å². The molecule has 0 saturated carbocycles. The molecule has 1 N–H and O–H groups in total. The number of unbranched alkanes of at least 4 members (excludes halogenated alkanes) is 23. The highest BCUT2D eigenvalue weighted by molar-refractivity contribution is 7.47. The van der Waals surface area contributed by atoms with Crippen molar-refractivity contribution in [3.05, 3.63) is 24.3 Å². The standard InChI is InChI=1S/C42H80NO8P/c1-6-8-10-12-14-16-18-20-21-23-25-27-29-31-33-35-42(45)51-40(39-50-52(46,47)49-37-36-43(3,4)5)38-48-41(44)34-32-30-28-26-24-22-19-17-15-13-11-9-7-2/h29,31,33,35,40H,6-28,30,32,34,36-39H2,1-5H3/p+1/b31-29+,35-33+. The Morgan fingerprint density at radius 1 is 0.635 bits per heavy atom. The second-order valence-corrected chi connectivity index (χ2v) is 16.9. The van der Waals surface area contributed by atoms with Gasteiger partial charge in [0.25, 0.3) is 0 Å². The maximum Gasteiger partial charge on any atom is 0.472 e.